The predicted octanol–water partition coefficient (Wildman–Crippen LogP) is 2.67. The van der Waals surface area contributed by atoms with Crippen LogP contribution in [0.5, 0.6) is 0 Å². The fraction of sp³-hybridized carbons (Fsp3) is 0.333. The van der Waals surface area contributed by atoms with E-state index in [2.05, 4.69) is 4.98 Å². The molecule has 2 heterocycles. The predicted molar refractivity (Wildman–Crippen MR) is 62.5 cm³/mol. The quantitative estimate of drug-likeness (QED) is 0.766. The van der Waals surface area contributed by atoms with E-state index in [1.54, 1.807) is 6.20 Å². The van der Waals surface area contributed by atoms with Crippen molar-refractivity contribution in [2.75, 3.05) is 0 Å². The minimum atomic E-state index is 0.301. The number of halogens is 1. The minimum absolute atomic E-state index is 0.301. The van der Waals surface area contributed by atoms with E-state index in [4.69, 9.17) is 11.6 Å². The average molecular weight is 235 g/mol. The molecule has 0 atom stereocenters. The van der Waals surface area contributed by atoms with Crippen LogP contribution >= 0.6 is 11.6 Å². The van der Waals surface area contributed by atoms with Gasteiger partial charge in [-0.15, -0.1) is 0 Å². The third kappa shape index (κ3) is 1.61. The summed E-state index contributed by atoms with van der Waals surface area (Å²) in [5, 5.41) is 1.41. The Bertz CT molecular complexity index is 557. The molecule has 2 aromatic heterocycles. The molecule has 3 rings (SSSR count). The molecule has 0 spiro atoms. The molecule has 0 bridgehead atoms. The Kier molecular flexibility index (Phi) is 2.21. The second kappa shape index (κ2) is 3.59. The molecule has 0 saturated heterocycles. The van der Waals surface area contributed by atoms with Crippen LogP contribution in [0.1, 0.15) is 12.8 Å². The van der Waals surface area contributed by atoms with E-state index in [0.717, 1.165) is 23.7 Å². The van der Waals surface area contributed by atoms with Gasteiger partial charge < -0.3 is 4.57 Å². The van der Waals surface area contributed by atoms with Crippen molar-refractivity contribution >= 4 is 28.3 Å². The first kappa shape index (κ1) is 9.85. The molecule has 0 aromatic carbocycles. The van der Waals surface area contributed by atoms with E-state index in [9.17, 15) is 4.79 Å². The van der Waals surface area contributed by atoms with E-state index in [-0.39, 0.29) is 0 Å². The number of hydrogen-bond acceptors (Lipinski definition) is 2. The first-order valence-corrected chi connectivity index (χ1v) is 5.75. The fourth-order valence-electron chi connectivity index (χ4n) is 1.93. The highest BCUT2D eigenvalue weighted by atomic mass is 35.5. The number of rotatable bonds is 3. The van der Waals surface area contributed by atoms with Crippen molar-refractivity contribution in [2.45, 2.75) is 19.4 Å². The van der Waals surface area contributed by atoms with E-state index in [1.807, 2.05) is 22.9 Å². The van der Waals surface area contributed by atoms with Crippen LogP contribution in [0.4, 0.5) is 0 Å². The Morgan fingerprint density at radius 2 is 2.31 bits per heavy atom. The number of fused-ring (bicyclic) bond motifs is 1. The van der Waals surface area contributed by atoms with Crippen molar-refractivity contribution in [3.05, 3.63) is 29.7 Å². The van der Waals surface area contributed by atoms with Gasteiger partial charge in [-0.2, -0.15) is 0 Å². The van der Waals surface area contributed by atoms with Crippen LogP contribution in [0, 0.1) is 5.92 Å². The maximum atomic E-state index is 11.7. The van der Waals surface area contributed by atoms with Crippen LogP contribution in [0.15, 0.2) is 24.5 Å². The Hall–Kier alpha value is -1.35. The second-order valence-electron chi connectivity index (χ2n) is 4.22. The number of carbonyl (C=O) groups is 1. The first-order valence-electron chi connectivity index (χ1n) is 5.38. The molecule has 16 heavy (non-hydrogen) atoms. The van der Waals surface area contributed by atoms with Gasteiger partial charge in [0.15, 0.2) is 5.78 Å². The molecule has 0 radical (unpaired) electrons. The van der Waals surface area contributed by atoms with Crippen LogP contribution in [-0.4, -0.2) is 15.3 Å². The SMILES string of the molecule is O=C(Cn1ccc2c(Cl)nccc21)C1CC1. The largest absolute Gasteiger partial charge is 0.340 e. The molecule has 82 valence electrons. The molecular weight excluding hydrogens is 224 g/mol. The molecule has 0 aliphatic heterocycles. The first-order chi connectivity index (χ1) is 7.75. The van der Waals surface area contributed by atoms with Crippen LogP contribution < -0.4 is 0 Å². The summed E-state index contributed by atoms with van der Waals surface area (Å²) >= 11 is 5.97. The summed E-state index contributed by atoms with van der Waals surface area (Å²) in [4.78, 5) is 15.7. The molecule has 1 saturated carbocycles. The molecule has 1 aliphatic rings. The zero-order valence-electron chi connectivity index (χ0n) is 8.69. The van der Waals surface area contributed by atoms with Gasteiger partial charge in [0, 0.05) is 23.7 Å². The Labute approximate surface area is 98.0 Å². The van der Waals surface area contributed by atoms with Crippen molar-refractivity contribution in [1.82, 2.24) is 9.55 Å². The smallest absolute Gasteiger partial charge is 0.155 e. The summed E-state index contributed by atoms with van der Waals surface area (Å²) < 4.78 is 1.95. The van der Waals surface area contributed by atoms with Gasteiger partial charge in [-0.3, -0.25) is 4.79 Å². The zero-order valence-corrected chi connectivity index (χ0v) is 9.44. The number of pyridine rings is 1. The molecular formula is C12H11ClN2O. The Balaban J connectivity index is 1.97. The van der Waals surface area contributed by atoms with Crippen LogP contribution in [0.2, 0.25) is 5.15 Å². The number of nitrogens with zero attached hydrogens (tertiary/aromatic N) is 2. The second-order valence-corrected chi connectivity index (χ2v) is 4.58. The summed E-state index contributed by atoms with van der Waals surface area (Å²) in [5.41, 5.74) is 0.981. The van der Waals surface area contributed by atoms with Gasteiger partial charge in [0.05, 0.1) is 12.1 Å². The number of ketones is 1. The van der Waals surface area contributed by atoms with Crippen LogP contribution in [-0.2, 0) is 11.3 Å². The van der Waals surface area contributed by atoms with Crippen molar-refractivity contribution in [3.63, 3.8) is 0 Å². The molecule has 0 amide bonds. The zero-order chi connectivity index (χ0) is 11.1. The Morgan fingerprint density at radius 3 is 3.06 bits per heavy atom. The molecule has 1 fully saturated rings. The van der Waals surface area contributed by atoms with Crippen molar-refractivity contribution in [3.8, 4) is 0 Å². The molecule has 2 aromatic rings. The number of carbonyl (C=O) groups excluding carboxylic acids is 1. The van der Waals surface area contributed by atoms with Crippen LogP contribution in [0.25, 0.3) is 10.9 Å². The van der Waals surface area contributed by atoms with Crippen LogP contribution in [0.3, 0.4) is 0 Å². The summed E-state index contributed by atoms with van der Waals surface area (Å²) in [6.45, 7) is 0.453. The molecule has 3 nitrogen and oxygen atoms in total. The van der Waals surface area contributed by atoms with Gasteiger partial charge in [0.25, 0.3) is 0 Å². The molecule has 0 N–H and O–H groups in total. The third-order valence-electron chi connectivity index (χ3n) is 3.01. The highest BCUT2D eigenvalue weighted by Crippen LogP contribution is 2.31. The number of aromatic nitrogens is 2. The fourth-order valence-corrected chi connectivity index (χ4v) is 2.14. The van der Waals surface area contributed by atoms with E-state index >= 15 is 0 Å². The molecule has 4 heteroatoms. The lowest BCUT2D eigenvalue weighted by molar-refractivity contribution is -0.120. The van der Waals surface area contributed by atoms with E-state index < -0.39 is 0 Å². The average Bonchev–Trinajstić information content (AvgIpc) is 3.04. The van der Waals surface area contributed by atoms with Gasteiger partial charge in [-0.1, -0.05) is 11.6 Å². The van der Waals surface area contributed by atoms with Gasteiger partial charge >= 0.3 is 0 Å². The van der Waals surface area contributed by atoms with Gasteiger partial charge in [0.2, 0.25) is 0 Å². The van der Waals surface area contributed by atoms with Gasteiger partial charge in [0.1, 0.15) is 5.15 Å². The summed E-state index contributed by atoms with van der Waals surface area (Å²) in [7, 11) is 0. The monoisotopic (exact) mass is 234 g/mol. The highest BCUT2D eigenvalue weighted by Gasteiger charge is 2.29. The lowest BCUT2D eigenvalue weighted by atomic mass is 10.2. The van der Waals surface area contributed by atoms with Crippen molar-refractivity contribution in [1.29, 1.82) is 0 Å². The summed E-state index contributed by atoms with van der Waals surface area (Å²) in [6, 6.07) is 3.80. The Morgan fingerprint density at radius 1 is 1.50 bits per heavy atom. The molecule has 1 aliphatic carbocycles. The maximum absolute atomic E-state index is 11.7. The van der Waals surface area contributed by atoms with Crippen molar-refractivity contribution in [2.24, 2.45) is 5.92 Å². The topological polar surface area (TPSA) is 34.9 Å². The lowest BCUT2D eigenvalue weighted by Crippen LogP contribution is -2.10. The van der Waals surface area contributed by atoms with Gasteiger partial charge in [-0.25, -0.2) is 4.98 Å². The molecule has 0 unspecified atom stereocenters. The van der Waals surface area contributed by atoms with Gasteiger partial charge in [-0.05, 0) is 25.0 Å². The van der Waals surface area contributed by atoms with E-state index in [1.165, 1.54) is 0 Å². The summed E-state index contributed by atoms with van der Waals surface area (Å²) in [6.07, 6.45) is 5.68. The standard InChI is InChI=1S/C12H11ClN2O/c13-12-9-4-6-15(10(9)3-5-14-12)7-11(16)8-1-2-8/h3-6,8H,1-2,7H2. The number of hydrogen-bond donors (Lipinski definition) is 0. The lowest BCUT2D eigenvalue weighted by Gasteiger charge is -2.03. The van der Waals surface area contributed by atoms with E-state index in [0.29, 0.717) is 23.4 Å². The minimum Gasteiger partial charge on any atom is -0.340 e. The normalized spacial score (nSPS) is 15.6. The maximum Gasteiger partial charge on any atom is 0.155 e. The van der Waals surface area contributed by atoms with Crippen molar-refractivity contribution < 1.29 is 4.79 Å². The highest BCUT2D eigenvalue weighted by molar-refractivity contribution is 6.34. The summed E-state index contributed by atoms with van der Waals surface area (Å²) in [5.74, 6) is 0.625. The number of Topliss-reactive ketones (excluding diaryl/α,β-unsaturated/α-hetero) is 1. The third-order valence-corrected chi connectivity index (χ3v) is 3.31.